The van der Waals surface area contributed by atoms with E-state index in [1.54, 1.807) is 0 Å². The van der Waals surface area contributed by atoms with Gasteiger partial charge in [-0.2, -0.15) is 0 Å². The van der Waals surface area contributed by atoms with Crippen molar-refractivity contribution in [1.29, 1.82) is 0 Å². The van der Waals surface area contributed by atoms with E-state index in [4.69, 9.17) is 32.8 Å². The van der Waals surface area contributed by atoms with Crippen LogP contribution in [0.3, 0.4) is 0 Å². The first-order valence-electron chi connectivity index (χ1n) is 13.3. The molecule has 212 valence electrons. The van der Waals surface area contributed by atoms with E-state index in [-0.39, 0.29) is 23.5 Å². The third-order valence-electron chi connectivity index (χ3n) is 7.06. The van der Waals surface area contributed by atoms with Crippen molar-refractivity contribution in [3.63, 3.8) is 0 Å². The van der Waals surface area contributed by atoms with Crippen LogP contribution >= 0.6 is 0 Å². The van der Waals surface area contributed by atoms with Gasteiger partial charge >= 0.3 is 6.09 Å². The highest BCUT2D eigenvalue weighted by atomic mass is 28.4. The van der Waals surface area contributed by atoms with Crippen molar-refractivity contribution in [2.24, 2.45) is 0 Å². The molecule has 0 aromatic carbocycles. The van der Waals surface area contributed by atoms with E-state index in [1.165, 1.54) is 4.90 Å². The van der Waals surface area contributed by atoms with Gasteiger partial charge in [0.15, 0.2) is 14.6 Å². The summed E-state index contributed by atoms with van der Waals surface area (Å²) in [5.74, 6) is 0. The Morgan fingerprint density at radius 1 is 0.944 bits per heavy atom. The zero-order valence-electron chi connectivity index (χ0n) is 23.0. The van der Waals surface area contributed by atoms with E-state index < -0.39 is 14.4 Å². The summed E-state index contributed by atoms with van der Waals surface area (Å²) in [4.78, 5) is 13.1. The molecule has 1 N–H and O–H groups in total. The molecule has 1 amide bonds. The highest BCUT2D eigenvalue weighted by Crippen LogP contribution is 2.37. The fourth-order valence-electron chi connectivity index (χ4n) is 3.80. The predicted molar refractivity (Wildman–Crippen MR) is 138 cm³/mol. The molecule has 1 unspecified atom stereocenters. The molecule has 0 aromatic heterocycles. The molecule has 2 saturated heterocycles. The van der Waals surface area contributed by atoms with Gasteiger partial charge in [0, 0.05) is 6.61 Å². The number of carboxylic acid groups (broad SMARTS) is 1. The largest absolute Gasteiger partial charge is 0.465 e. The molecule has 2 aliphatic rings. The summed E-state index contributed by atoms with van der Waals surface area (Å²) in [6, 6.07) is -0.176. The molecule has 10 nitrogen and oxygen atoms in total. The van der Waals surface area contributed by atoms with Gasteiger partial charge in [0.1, 0.15) is 0 Å². The van der Waals surface area contributed by atoms with Crippen LogP contribution in [0.4, 0.5) is 4.79 Å². The van der Waals surface area contributed by atoms with Crippen molar-refractivity contribution in [2.75, 3.05) is 72.6 Å². The van der Waals surface area contributed by atoms with Gasteiger partial charge in [0.2, 0.25) is 0 Å². The molecule has 2 fully saturated rings. The van der Waals surface area contributed by atoms with E-state index in [2.05, 4.69) is 33.9 Å². The number of ether oxygens (including phenoxy) is 6. The second-order valence-electron chi connectivity index (χ2n) is 10.9. The lowest BCUT2D eigenvalue weighted by molar-refractivity contribution is -0.169. The number of nitrogens with zero attached hydrogens (tertiary/aromatic N) is 1. The van der Waals surface area contributed by atoms with Gasteiger partial charge in [-0.25, -0.2) is 4.79 Å². The summed E-state index contributed by atoms with van der Waals surface area (Å²) in [7, 11) is -1.93. The van der Waals surface area contributed by atoms with Crippen LogP contribution in [-0.4, -0.2) is 115 Å². The topological polar surface area (TPSA) is 105 Å². The lowest BCUT2D eigenvalue weighted by Crippen LogP contribution is -2.45. The van der Waals surface area contributed by atoms with Crippen LogP contribution in [0.2, 0.25) is 18.1 Å². The van der Waals surface area contributed by atoms with Gasteiger partial charge in [-0.05, 0) is 43.8 Å². The van der Waals surface area contributed by atoms with E-state index in [0.29, 0.717) is 72.4 Å². The van der Waals surface area contributed by atoms with Crippen molar-refractivity contribution in [2.45, 2.75) is 83.0 Å². The lowest BCUT2D eigenvalue weighted by atomic mass is 10.2. The highest BCUT2D eigenvalue weighted by Gasteiger charge is 2.41. The smallest absolute Gasteiger partial charge is 0.407 e. The van der Waals surface area contributed by atoms with Gasteiger partial charge in [0.25, 0.3) is 0 Å². The van der Waals surface area contributed by atoms with Crippen LogP contribution in [0.15, 0.2) is 0 Å². The number of rotatable bonds is 17. The van der Waals surface area contributed by atoms with Gasteiger partial charge in [-0.1, -0.05) is 20.8 Å². The molecule has 0 spiro atoms. The summed E-state index contributed by atoms with van der Waals surface area (Å²) in [5.41, 5.74) is 0. The molecule has 0 bridgehead atoms. The Morgan fingerprint density at radius 2 is 1.53 bits per heavy atom. The van der Waals surface area contributed by atoms with E-state index in [1.807, 2.05) is 0 Å². The molecular formula is C25H49NO9Si. The first-order valence-corrected chi connectivity index (χ1v) is 16.2. The second kappa shape index (κ2) is 16.2. The molecule has 0 aliphatic carbocycles. The molecule has 11 heteroatoms. The van der Waals surface area contributed by atoms with Gasteiger partial charge in [0.05, 0.1) is 78.2 Å². The first kappa shape index (κ1) is 31.4. The monoisotopic (exact) mass is 535 g/mol. The Kier molecular flexibility index (Phi) is 14.2. The maximum Gasteiger partial charge on any atom is 0.407 e. The van der Waals surface area contributed by atoms with Crippen molar-refractivity contribution in [3.05, 3.63) is 0 Å². The summed E-state index contributed by atoms with van der Waals surface area (Å²) >= 11 is 0. The third-order valence-corrected chi connectivity index (χ3v) is 11.6. The van der Waals surface area contributed by atoms with Crippen molar-refractivity contribution in [1.82, 2.24) is 4.90 Å². The second-order valence-corrected chi connectivity index (χ2v) is 15.7. The van der Waals surface area contributed by atoms with Crippen molar-refractivity contribution >= 4 is 14.4 Å². The van der Waals surface area contributed by atoms with Crippen LogP contribution in [0.5, 0.6) is 0 Å². The van der Waals surface area contributed by atoms with Crippen LogP contribution in [0.25, 0.3) is 0 Å². The van der Waals surface area contributed by atoms with Gasteiger partial charge in [-0.15, -0.1) is 0 Å². The van der Waals surface area contributed by atoms with Gasteiger partial charge in [-0.3, -0.25) is 0 Å². The van der Waals surface area contributed by atoms with Crippen LogP contribution in [0.1, 0.15) is 46.5 Å². The van der Waals surface area contributed by atoms with E-state index in [9.17, 15) is 9.90 Å². The lowest BCUT2D eigenvalue weighted by Gasteiger charge is -2.37. The predicted octanol–water partition coefficient (Wildman–Crippen LogP) is 3.74. The minimum absolute atomic E-state index is 0.0766. The van der Waals surface area contributed by atoms with Crippen LogP contribution in [-0.2, 0) is 32.8 Å². The summed E-state index contributed by atoms with van der Waals surface area (Å²) < 4.78 is 39.8. The Morgan fingerprint density at radius 3 is 2.06 bits per heavy atom. The Hall–Kier alpha value is -0.793. The molecule has 36 heavy (non-hydrogen) atoms. The average Bonchev–Trinajstić information content (AvgIpc) is 3.24. The minimum atomic E-state index is -1.93. The van der Waals surface area contributed by atoms with Crippen molar-refractivity contribution < 1.29 is 42.7 Å². The van der Waals surface area contributed by atoms with Gasteiger partial charge < -0.3 is 42.9 Å². The summed E-state index contributed by atoms with van der Waals surface area (Å²) in [6.07, 6.45) is 2.74. The first-order chi connectivity index (χ1) is 17.1. The number of hydrogen-bond donors (Lipinski definition) is 1. The Labute approximate surface area is 218 Å². The molecule has 2 rings (SSSR count). The van der Waals surface area contributed by atoms with Crippen molar-refractivity contribution in [3.8, 4) is 0 Å². The Balaban J connectivity index is 1.45. The van der Waals surface area contributed by atoms with Crippen LogP contribution in [0, 0.1) is 0 Å². The molecule has 0 radical (unpaired) electrons. The molecule has 0 saturated carbocycles. The highest BCUT2D eigenvalue weighted by molar-refractivity contribution is 6.74. The molecular weight excluding hydrogens is 486 g/mol. The van der Waals surface area contributed by atoms with Crippen LogP contribution < -0.4 is 0 Å². The number of carbonyl (C=O) groups is 1. The quantitative estimate of drug-likeness (QED) is 0.220. The zero-order valence-corrected chi connectivity index (χ0v) is 24.0. The average molecular weight is 536 g/mol. The maximum atomic E-state index is 11.7. The number of likely N-dealkylation sites (tertiary alicyclic amines) is 1. The normalized spacial score (nSPS) is 23.4. The fourth-order valence-corrected chi connectivity index (χ4v) is 4.85. The molecule has 3 atom stereocenters. The number of hydrogen-bond acceptors (Lipinski definition) is 8. The van der Waals surface area contributed by atoms with E-state index in [0.717, 1.165) is 25.9 Å². The zero-order chi connectivity index (χ0) is 26.4. The molecule has 0 aromatic rings. The number of amides is 1. The third kappa shape index (κ3) is 11.7. The SMILES string of the molecule is CC(C)(C)[Si](C)(C)OC[C@@H]1C[C@@H](OCCOCCOCCOCCOC2CCCCO2)CN1C(=O)O. The summed E-state index contributed by atoms with van der Waals surface area (Å²) in [5, 5.41) is 9.67. The molecule has 2 heterocycles. The Bertz CT molecular complexity index is 611. The summed E-state index contributed by atoms with van der Waals surface area (Å²) in [6.45, 7) is 16.4. The minimum Gasteiger partial charge on any atom is -0.465 e. The van der Waals surface area contributed by atoms with E-state index >= 15 is 0 Å². The maximum absolute atomic E-state index is 11.7. The fraction of sp³-hybridized carbons (Fsp3) is 0.960. The standard InChI is InChI=1S/C25H49NO9Si/c1-25(2,3)36(4,5)35-20-21-18-22(19-26(21)24(27)28)32-16-14-30-12-10-29-11-13-31-15-17-34-23-8-6-7-9-33-23/h21-23H,6-20H2,1-5H3,(H,27,28)/t21-,22+,23?/m0/s1. The molecule has 2 aliphatic heterocycles.